The largest absolute Gasteiger partial charge is 0.392 e. The van der Waals surface area contributed by atoms with Crippen molar-refractivity contribution < 1.29 is 9.84 Å². The minimum Gasteiger partial charge on any atom is -0.392 e. The van der Waals surface area contributed by atoms with Crippen LogP contribution < -0.4 is 0 Å². The zero-order valence-electron chi connectivity index (χ0n) is 12.3. The maximum Gasteiger partial charge on any atom is 0.106 e. The second-order valence-corrected chi connectivity index (χ2v) is 6.52. The minimum absolute atomic E-state index is 0.0168. The number of benzene rings is 1. The van der Waals surface area contributed by atoms with Gasteiger partial charge in [0.2, 0.25) is 0 Å². The summed E-state index contributed by atoms with van der Waals surface area (Å²) in [5.41, 5.74) is 2.83. The maximum atomic E-state index is 9.70. The molecule has 2 unspecified atom stereocenters. The molecule has 2 heterocycles. The third-order valence-corrected chi connectivity index (χ3v) is 5.43. The third kappa shape index (κ3) is 2.86. The molecule has 2 atom stereocenters. The predicted molar refractivity (Wildman–Crippen MR) is 83.9 cm³/mol. The summed E-state index contributed by atoms with van der Waals surface area (Å²) in [5, 5.41) is 15.8. The van der Waals surface area contributed by atoms with E-state index in [4.69, 9.17) is 4.74 Å². The summed E-state index contributed by atoms with van der Waals surface area (Å²) in [6, 6.07) is 10.1. The Kier molecular flexibility index (Phi) is 4.33. The van der Waals surface area contributed by atoms with Crippen molar-refractivity contribution in [2.24, 2.45) is 0 Å². The standard InChI is InChI=1S/C16H20N2O2S/c1-11-14(10-19)16(21-15-8-9-20-12(15)2)18(17-11)13-6-4-3-5-7-13/h3-7,12,15,19H,8-10H2,1-2H3. The second-order valence-electron chi connectivity index (χ2n) is 5.30. The van der Waals surface area contributed by atoms with Crippen LogP contribution >= 0.6 is 11.8 Å². The van der Waals surface area contributed by atoms with Crippen LogP contribution in [0.15, 0.2) is 35.4 Å². The first-order chi connectivity index (χ1) is 10.2. The van der Waals surface area contributed by atoms with Crippen LogP contribution in [-0.2, 0) is 11.3 Å². The maximum absolute atomic E-state index is 9.70. The predicted octanol–water partition coefficient (Wildman–Crippen LogP) is 2.94. The van der Waals surface area contributed by atoms with Gasteiger partial charge in [0, 0.05) is 17.4 Å². The molecule has 1 aliphatic rings. The van der Waals surface area contributed by atoms with E-state index in [1.165, 1.54) is 0 Å². The van der Waals surface area contributed by atoms with Crippen LogP contribution in [0.4, 0.5) is 0 Å². The first kappa shape index (κ1) is 14.6. The molecule has 4 nitrogen and oxygen atoms in total. The van der Waals surface area contributed by atoms with Crippen LogP contribution in [-0.4, -0.2) is 32.8 Å². The molecule has 1 fully saturated rings. The SMILES string of the molecule is Cc1nn(-c2ccccc2)c(SC2CCOC2C)c1CO. The molecule has 21 heavy (non-hydrogen) atoms. The van der Waals surface area contributed by atoms with Gasteiger partial charge in [-0.2, -0.15) is 5.10 Å². The second kappa shape index (κ2) is 6.22. The topological polar surface area (TPSA) is 47.3 Å². The Morgan fingerprint density at radius 3 is 2.76 bits per heavy atom. The van der Waals surface area contributed by atoms with Gasteiger partial charge in [0.1, 0.15) is 5.03 Å². The number of thioether (sulfide) groups is 1. The first-order valence-electron chi connectivity index (χ1n) is 7.23. The number of aromatic nitrogens is 2. The highest BCUT2D eigenvalue weighted by molar-refractivity contribution is 8.00. The number of rotatable bonds is 4. The lowest BCUT2D eigenvalue weighted by Crippen LogP contribution is -2.14. The quantitative estimate of drug-likeness (QED) is 0.943. The van der Waals surface area contributed by atoms with E-state index < -0.39 is 0 Å². The van der Waals surface area contributed by atoms with E-state index in [0.717, 1.165) is 35.0 Å². The van der Waals surface area contributed by atoms with Crippen molar-refractivity contribution in [2.75, 3.05) is 6.61 Å². The van der Waals surface area contributed by atoms with Gasteiger partial charge in [0.25, 0.3) is 0 Å². The van der Waals surface area contributed by atoms with Crippen molar-refractivity contribution in [3.05, 3.63) is 41.6 Å². The van der Waals surface area contributed by atoms with Gasteiger partial charge < -0.3 is 9.84 Å². The van der Waals surface area contributed by atoms with Gasteiger partial charge in [-0.3, -0.25) is 0 Å². The van der Waals surface area contributed by atoms with E-state index in [9.17, 15) is 5.11 Å². The van der Waals surface area contributed by atoms with Crippen molar-refractivity contribution in [1.29, 1.82) is 0 Å². The number of ether oxygens (including phenoxy) is 1. The zero-order chi connectivity index (χ0) is 14.8. The third-order valence-electron chi connectivity index (χ3n) is 3.87. The molecule has 1 saturated heterocycles. The zero-order valence-corrected chi connectivity index (χ0v) is 13.1. The van der Waals surface area contributed by atoms with Crippen molar-refractivity contribution in [3.8, 4) is 5.69 Å². The Morgan fingerprint density at radius 2 is 2.14 bits per heavy atom. The van der Waals surface area contributed by atoms with Gasteiger partial charge in [-0.1, -0.05) is 30.0 Å². The fraction of sp³-hybridized carbons (Fsp3) is 0.438. The molecule has 1 aromatic heterocycles. The Labute approximate surface area is 129 Å². The fourth-order valence-electron chi connectivity index (χ4n) is 2.60. The Bertz CT molecular complexity index is 612. The van der Waals surface area contributed by atoms with E-state index >= 15 is 0 Å². The lowest BCUT2D eigenvalue weighted by molar-refractivity contribution is 0.127. The molecule has 5 heteroatoms. The minimum atomic E-state index is 0.0168. The van der Waals surface area contributed by atoms with E-state index in [1.54, 1.807) is 11.8 Å². The van der Waals surface area contributed by atoms with Gasteiger partial charge in [-0.15, -0.1) is 0 Å². The number of aryl methyl sites for hydroxylation is 1. The van der Waals surface area contributed by atoms with E-state index in [1.807, 2.05) is 41.9 Å². The number of hydrogen-bond donors (Lipinski definition) is 1. The molecule has 1 N–H and O–H groups in total. The lowest BCUT2D eigenvalue weighted by atomic mass is 10.2. The van der Waals surface area contributed by atoms with E-state index in [0.29, 0.717) is 5.25 Å². The molecule has 0 saturated carbocycles. The van der Waals surface area contributed by atoms with Crippen molar-refractivity contribution >= 4 is 11.8 Å². The number of nitrogens with zero attached hydrogens (tertiary/aromatic N) is 2. The molecule has 0 amide bonds. The van der Waals surface area contributed by atoms with Gasteiger partial charge >= 0.3 is 0 Å². The molecule has 0 aliphatic carbocycles. The van der Waals surface area contributed by atoms with Crippen molar-refractivity contribution in [2.45, 2.75) is 43.3 Å². The Morgan fingerprint density at radius 1 is 1.38 bits per heavy atom. The summed E-state index contributed by atoms with van der Waals surface area (Å²) in [5.74, 6) is 0. The molecule has 0 spiro atoms. The van der Waals surface area contributed by atoms with Crippen molar-refractivity contribution in [1.82, 2.24) is 9.78 Å². The number of aliphatic hydroxyl groups excluding tert-OH is 1. The van der Waals surface area contributed by atoms with Crippen LogP contribution in [0.25, 0.3) is 5.69 Å². The average Bonchev–Trinajstić information content (AvgIpc) is 3.04. The molecule has 2 aromatic rings. The molecular formula is C16H20N2O2S. The normalized spacial score (nSPS) is 21.9. The van der Waals surface area contributed by atoms with Crippen LogP contribution in [0.5, 0.6) is 0 Å². The van der Waals surface area contributed by atoms with Gasteiger partial charge in [-0.25, -0.2) is 4.68 Å². The van der Waals surface area contributed by atoms with Crippen LogP contribution in [0.3, 0.4) is 0 Å². The summed E-state index contributed by atoms with van der Waals surface area (Å²) in [6.45, 7) is 4.89. The van der Waals surface area contributed by atoms with Crippen LogP contribution in [0.2, 0.25) is 0 Å². The van der Waals surface area contributed by atoms with E-state index in [2.05, 4.69) is 12.0 Å². The number of para-hydroxylation sites is 1. The number of aliphatic hydroxyl groups is 1. The summed E-state index contributed by atoms with van der Waals surface area (Å²) in [7, 11) is 0. The molecule has 112 valence electrons. The summed E-state index contributed by atoms with van der Waals surface area (Å²) >= 11 is 1.77. The highest BCUT2D eigenvalue weighted by Crippen LogP contribution is 2.36. The molecule has 0 radical (unpaired) electrons. The Balaban J connectivity index is 2.00. The molecular weight excluding hydrogens is 284 g/mol. The van der Waals surface area contributed by atoms with Gasteiger partial charge in [0.05, 0.1) is 24.1 Å². The summed E-state index contributed by atoms with van der Waals surface area (Å²) < 4.78 is 7.59. The first-order valence-corrected chi connectivity index (χ1v) is 8.11. The van der Waals surface area contributed by atoms with Crippen molar-refractivity contribution in [3.63, 3.8) is 0 Å². The van der Waals surface area contributed by atoms with Gasteiger partial charge in [0.15, 0.2) is 0 Å². The molecule has 3 rings (SSSR count). The monoisotopic (exact) mass is 304 g/mol. The summed E-state index contributed by atoms with van der Waals surface area (Å²) in [6.07, 6.45) is 1.27. The molecule has 1 aromatic carbocycles. The van der Waals surface area contributed by atoms with Crippen LogP contribution in [0.1, 0.15) is 24.6 Å². The Hall–Kier alpha value is -1.30. The lowest BCUT2D eigenvalue weighted by Gasteiger charge is -2.15. The smallest absolute Gasteiger partial charge is 0.106 e. The average molecular weight is 304 g/mol. The summed E-state index contributed by atoms with van der Waals surface area (Å²) in [4.78, 5) is 0. The van der Waals surface area contributed by atoms with E-state index in [-0.39, 0.29) is 12.7 Å². The molecule has 0 bridgehead atoms. The number of hydrogen-bond acceptors (Lipinski definition) is 4. The van der Waals surface area contributed by atoms with Crippen LogP contribution in [0, 0.1) is 6.92 Å². The highest BCUT2D eigenvalue weighted by atomic mass is 32.2. The highest BCUT2D eigenvalue weighted by Gasteiger charge is 2.28. The van der Waals surface area contributed by atoms with Gasteiger partial charge in [-0.05, 0) is 32.4 Å². The fourth-order valence-corrected chi connectivity index (χ4v) is 3.97. The molecule has 1 aliphatic heterocycles.